The second kappa shape index (κ2) is 3.70. The van der Waals surface area contributed by atoms with E-state index in [2.05, 4.69) is 18.2 Å². The van der Waals surface area contributed by atoms with Crippen LogP contribution in [0.2, 0.25) is 0 Å². The number of ether oxygens (including phenoxy) is 2. The fraction of sp³-hybridized carbons (Fsp3) is 0.385. The summed E-state index contributed by atoms with van der Waals surface area (Å²) < 4.78 is 11.2. The standard InChI is InChI=1S/C13H14O2/c1-2-6-10(7-3-1)12-13(15-12)11-8-4-5-9-14-11/h1-3,6-8,12-13H,4-5,9H2. The van der Waals surface area contributed by atoms with Gasteiger partial charge in [-0.25, -0.2) is 0 Å². The molecule has 0 aliphatic carbocycles. The van der Waals surface area contributed by atoms with Gasteiger partial charge in [0, 0.05) is 0 Å². The van der Waals surface area contributed by atoms with Crippen molar-refractivity contribution in [3.63, 3.8) is 0 Å². The van der Waals surface area contributed by atoms with Crippen LogP contribution < -0.4 is 0 Å². The van der Waals surface area contributed by atoms with Crippen LogP contribution in [0.1, 0.15) is 24.5 Å². The van der Waals surface area contributed by atoms with Gasteiger partial charge in [-0.2, -0.15) is 0 Å². The van der Waals surface area contributed by atoms with Crippen LogP contribution in [0, 0.1) is 0 Å². The predicted molar refractivity (Wildman–Crippen MR) is 57.3 cm³/mol. The van der Waals surface area contributed by atoms with Crippen LogP contribution in [0.5, 0.6) is 0 Å². The van der Waals surface area contributed by atoms with Crippen molar-refractivity contribution in [2.75, 3.05) is 6.61 Å². The normalized spacial score (nSPS) is 29.2. The highest BCUT2D eigenvalue weighted by molar-refractivity contribution is 5.27. The van der Waals surface area contributed by atoms with Gasteiger partial charge in [0.1, 0.15) is 18.0 Å². The Morgan fingerprint density at radius 2 is 1.93 bits per heavy atom. The first-order valence-corrected chi connectivity index (χ1v) is 5.48. The van der Waals surface area contributed by atoms with Gasteiger partial charge in [-0.3, -0.25) is 0 Å². The molecule has 2 heterocycles. The van der Waals surface area contributed by atoms with Gasteiger partial charge in [-0.1, -0.05) is 30.3 Å². The van der Waals surface area contributed by atoms with Crippen molar-refractivity contribution in [1.82, 2.24) is 0 Å². The summed E-state index contributed by atoms with van der Waals surface area (Å²) in [4.78, 5) is 0. The van der Waals surface area contributed by atoms with E-state index in [-0.39, 0.29) is 12.2 Å². The molecular formula is C13H14O2. The monoisotopic (exact) mass is 202 g/mol. The van der Waals surface area contributed by atoms with Crippen LogP contribution >= 0.6 is 0 Å². The first kappa shape index (κ1) is 8.98. The van der Waals surface area contributed by atoms with Crippen molar-refractivity contribution in [1.29, 1.82) is 0 Å². The molecule has 1 aromatic carbocycles. The van der Waals surface area contributed by atoms with E-state index in [0.717, 1.165) is 25.2 Å². The molecule has 2 nitrogen and oxygen atoms in total. The molecule has 1 saturated heterocycles. The number of benzene rings is 1. The molecule has 2 atom stereocenters. The SMILES string of the molecule is C1=C(C2OC2c2ccccc2)OCCC1. The zero-order chi connectivity index (χ0) is 10.1. The number of allylic oxidation sites excluding steroid dienone is 1. The van der Waals surface area contributed by atoms with Gasteiger partial charge in [0.05, 0.1) is 6.61 Å². The van der Waals surface area contributed by atoms with Crippen molar-refractivity contribution < 1.29 is 9.47 Å². The molecule has 0 radical (unpaired) electrons. The van der Waals surface area contributed by atoms with Gasteiger partial charge in [0.2, 0.25) is 0 Å². The minimum Gasteiger partial charge on any atom is -0.495 e. The first-order chi connectivity index (χ1) is 7.45. The van der Waals surface area contributed by atoms with E-state index in [9.17, 15) is 0 Å². The summed E-state index contributed by atoms with van der Waals surface area (Å²) in [5.41, 5.74) is 1.25. The fourth-order valence-electron chi connectivity index (χ4n) is 2.00. The highest BCUT2D eigenvalue weighted by Crippen LogP contribution is 2.44. The van der Waals surface area contributed by atoms with E-state index in [0.29, 0.717) is 0 Å². The summed E-state index contributed by atoms with van der Waals surface area (Å²) >= 11 is 0. The number of hydrogen-bond donors (Lipinski definition) is 0. The number of hydrogen-bond acceptors (Lipinski definition) is 2. The van der Waals surface area contributed by atoms with Crippen LogP contribution in [0.25, 0.3) is 0 Å². The molecule has 78 valence electrons. The second-order valence-corrected chi connectivity index (χ2v) is 3.99. The summed E-state index contributed by atoms with van der Waals surface area (Å²) in [5, 5.41) is 0. The summed E-state index contributed by atoms with van der Waals surface area (Å²) in [6, 6.07) is 10.3. The molecule has 0 saturated carbocycles. The first-order valence-electron chi connectivity index (χ1n) is 5.48. The van der Waals surface area contributed by atoms with Gasteiger partial charge in [-0.05, 0) is 24.5 Å². The Kier molecular flexibility index (Phi) is 2.22. The maximum atomic E-state index is 5.65. The van der Waals surface area contributed by atoms with Gasteiger partial charge in [0.15, 0.2) is 0 Å². The van der Waals surface area contributed by atoms with E-state index < -0.39 is 0 Å². The zero-order valence-electron chi connectivity index (χ0n) is 8.56. The Morgan fingerprint density at radius 3 is 2.67 bits per heavy atom. The van der Waals surface area contributed by atoms with Crippen LogP contribution in [0.15, 0.2) is 42.2 Å². The smallest absolute Gasteiger partial charge is 0.145 e. The molecule has 2 aliphatic rings. The molecule has 2 aliphatic heterocycles. The Morgan fingerprint density at radius 1 is 1.07 bits per heavy atom. The number of epoxide rings is 1. The average molecular weight is 202 g/mol. The largest absolute Gasteiger partial charge is 0.495 e. The lowest BCUT2D eigenvalue weighted by molar-refractivity contribution is 0.170. The van der Waals surface area contributed by atoms with E-state index in [1.54, 1.807) is 0 Å². The summed E-state index contributed by atoms with van der Waals surface area (Å²) in [7, 11) is 0. The summed E-state index contributed by atoms with van der Waals surface area (Å²) in [6.07, 6.45) is 4.81. The van der Waals surface area contributed by atoms with Gasteiger partial charge in [0.25, 0.3) is 0 Å². The molecular weight excluding hydrogens is 188 g/mol. The molecule has 1 fully saturated rings. The van der Waals surface area contributed by atoms with E-state index >= 15 is 0 Å². The van der Waals surface area contributed by atoms with Gasteiger partial charge >= 0.3 is 0 Å². The average Bonchev–Trinajstić information content (AvgIpc) is 3.11. The van der Waals surface area contributed by atoms with Crippen molar-refractivity contribution in [3.8, 4) is 0 Å². The van der Waals surface area contributed by atoms with Crippen molar-refractivity contribution >= 4 is 0 Å². The Balaban J connectivity index is 1.71. The Bertz CT molecular complexity index is 369. The molecule has 0 amide bonds. The third-order valence-electron chi connectivity index (χ3n) is 2.86. The number of rotatable bonds is 2. The van der Waals surface area contributed by atoms with Crippen molar-refractivity contribution in [3.05, 3.63) is 47.7 Å². The molecule has 0 bridgehead atoms. The molecule has 0 spiro atoms. The maximum absolute atomic E-state index is 5.65. The molecule has 0 N–H and O–H groups in total. The van der Waals surface area contributed by atoms with E-state index in [1.807, 2.05) is 18.2 Å². The second-order valence-electron chi connectivity index (χ2n) is 3.99. The molecule has 2 unspecified atom stereocenters. The Hall–Kier alpha value is -1.28. The van der Waals surface area contributed by atoms with Crippen molar-refractivity contribution in [2.24, 2.45) is 0 Å². The van der Waals surface area contributed by atoms with Crippen LogP contribution in [-0.2, 0) is 9.47 Å². The topological polar surface area (TPSA) is 21.8 Å². The van der Waals surface area contributed by atoms with Crippen molar-refractivity contribution in [2.45, 2.75) is 25.0 Å². The van der Waals surface area contributed by atoms with E-state index in [4.69, 9.17) is 9.47 Å². The quantitative estimate of drug-likeness (QED) is 0.688. The lowest BCUT2D eigenvalue weighted by Gasteiger charge is -2.12. The van der Waals surface area contributed by atoms with Crippen LogP contribution in [0.3, 0.4) is 0 Å². The Labute approximate surface area is 89.5 Å². The fourth-order valence-corrected chi connectivity index (χ4v) is 2.00. The minimum absolute atomic E-state index is 0.174. The van der Waals surface area contributed by atoms with Gasteiger partial charge < -0.3 is 9.47 Å². The highest BCUT2D eigenvalue weighted by atomic mass is 16.6. The molecule has 0 aromatic heterocycles. The predicted octanol–water partition coefficient (Wildman–Crippen LogP) is 2.82. The minimum atomic E-state index is 0.174. The molecule has 15 heavy (non-hydrogen) atoms. The lowest BCUT2D eigenvalue weighted by atomic mass is 10.1. The molecule has 2 heteroatoms. The molecule has 1 aromatic rings. The third kappa shape index (κ3) is 1.77. The zero-order valence-corrected chi connectivity index (χ0v) is 8.56. The molecule has 3 rings (SSSR count). The summed E-state index contributed by atoms with van der Waals surface area (Å²) in [5.74, 6) is 1.04. The maximum Gasteiger partial charge on any atom is 0.145 e. The van der Waals surface area contributed by atoms with E-state index in [1.165, 1.54) is 5.56 Å². The van der Waals surface area contributed by atoms with Crippen LogP contribution in [0.4, 0.5) is 0 Å². The highest BCUT2D eigenvalue weighted by Gasteiger charge is 2.44. The summed E-state index contributed by atoms with van der Waals surface area (Å²) in [6.45, 7) is 0.840. The third-order valence-corrected chi connectivity index (χ3v) is 2.86. The van der Waals surface area contributed by atoms with Crippen LogP contribution in [-0.4, -0.2) is 12.7 Å². The lowest BCUT2D eigenvalue weighted by Crippen LogP contribution is -2.06. The van der Waals surface area contributed by atoms with Gasteiger partial charge in [-0.15, -0.1) is 0 Å².